The number of nitrogens with zero attached hydrogens (tertiary/aromatic N) is 6. The van der Waals surface area contributed by atoms with Crippen molar-refractivity contribution in [1.82, 2.24) is 0 Å². The number of rotatable bonds is 10. The highest BCUT2D eigenvalue weighted by Gasteiger charge is 2.69. The summed E-state index contributed by atoms with van der Waals surface area (Å²) in [6.07, 6.45) is 32.1. The van der Waals surface area contributed by atoms with Crippen LogP contribution in [0.2, 0.25) is 0 Å². The molecule has 4 atom stereocenters. The van der Waals surface area contributed by atoms with Crippen molar-refractivity contribution in [2.24, 2.45) is 16.7 Å². The van der Waals surface area contributed by atoms with Crippen LogP contribution in [-0.2, 0) is 16.4 Å². The first-order chi connectivity index (χ1) is 42.7. The molecule has 2 spiro atoms. The van der Waals surface area contributed by atoms with E-state index < -0.39 is 0 Å². The quantitative estimate of drug-likeness (QED) is 0.101. The molecule has 7 aliphatic carbocycles. The first-order valence-electron chi connectivity index (χ1n) is 32.6. The van der Waals surface area contributed by atoms with Crippen molar-refractivity contribution < 1.29 is 0 Å². The van der Waals surface area contributed by atoms with E-state index in [1.165, 1.54) is 131 Å². The van der Waals surface area contributed by atoms with E-state index in [4.69, 9.17) is 18.4 Å². The van der Waals surface area contributed by atoms with Gasteiger partial charge in [-0.15, -0.1) is 0 Å². The van der Waals surface area contributed by atoms with Crippen LogP contribution in [-0.4, -0.2) is 0 Å². The highest BCUT2D eigenvalue weighted by atomic mass is 14.9. The second-order valence-corrected chi connectivity index (χ2v) is 25.1. The Balaban J connectivity index is 0.000000136. The monoisotopic (exact) mass is 1140 g/mol. The van der Waals surface area contributed by atoms with E-state index in [1.807, 2.05) is 127 Å². The molecule has 7 aliphatic rings. The van der Waals surface area contributed by atoms with Crippen molar-refractivity contribution in [3.63, 3.8) is 0 Å². The van der Waals surface area contributed by atoms with E-state index in [9.17, 15) is 15.8 Å². The van der Waals surface area contributed by atoms with Crippen molar-refractivity contribution >= 4 is 16.8 Å². The fraction of sp³-hybridized carbons (Fsp3) is 0.407. The minimum Gasteiger partial charge on any atom is -0.305 e. The fourth-order valence-corrected chi connectivity index (χ4v) is 14.7. The first kappa shape index (κ1) is 64.5. The number of allylic oxidation sites excluding steroid dienone is 5. The Morgan fingerprint density at radius 3 is 1.17 bits per heavy atom. The minimum atomic E-state index is -0.155. The Morgan fingerprint density at radius 2 is 0.816 bits per heavy atom. The Kier molecular flexibility index (Phi) is 23.5. The maximum atomic E-state index is 9.58. The Morgan fingerprint density at radius 1 is 0.460 bits per heavy atom. The van der Waals surface area contributed by atoms with Crippen LogP contribution in [0.5, 0.6) is 0 Å². The molecule has 13 rings (SSSR count). The second kappa shape index (κ2) is 31.7. The van der Waals surface area contributed by atoms with Crippen LogP contribution in [0.15, 0.2) is 199 Å². The van der Waals surface area contributed by atoms with E-state index in [-0.39, 0.29) is 16.4 Å². The summed E-state index contributed by atoms with van der Waals surface area (Å²) in [5, 5.41) is 37.4. The van der Waals surface area contributed by atoms with Gasteiger partial charge in [0.1, 0.15) is 0 Å². The summed E-state index contributed by atoms with van der Waals surface area (Å²) in [5.41, 5.74) is 12.4. The van der Waals surface area contributed by atoms with Crippen LogP contribution in [0, 0.1) is 75.2 Å². The van der Waals surface area contributed by atoms with E-state index in [2.05, 4.69) is 108 Å². The largest absolute Gasteiger partial charge is 0.305 e. The molecule has 442 valence electrons. The van der Waals surface area contributed by atoms with Crippen molar-refractivity contribution in [3.8, 4) is 24.3 Å². The van der Waals surface area contributed by atoms with Crippen molar-refractivity contribution in [2.75, 3.05) is 0 Å². The lowest BCUT2D eigenvalue weighted by Gasteiger charge is -2.25. The third kappa shape index (κ3) is 15.6. The zero-order valence-corrected chi connectivity index (χ0v) is 51.8. The molecule has 6 nitrogen and oxygen atoms in total. The van der Waals surface area contributed by atoms with Gasteiger partial charge in [-0.05, 0) is 141 Å². The molecule has 6 aromatic rings. The van der Waals surface area contributed by atoms with Crippen LogP contribution < -0.4 is 0 Å². The van der Waals surface area contributed by atoms with Gasteiger partial charge < -0.3 is 4.85 Å². The van der Waals surface area contributed by atoms with Gasteiger partial charge in [0.05, 0.1) is 52.8 Å². The summed E-state index contributed by atoms with van der Waals surface area (Å²) >= 11 is 0. The summed E-state index contributed by atoms with van der Waals surface area (Å²) in [4.78, 5) is 7.36. The second-order valence-electron chi connectivity index (χ2n) is 25.1. The van der Waals surface area contributed by atoms with E-state index in [0.717, 1.165) is 91.3 Å². The SMILES string of the molecule is N#CC(=C1CCCC1)c1ccccc1.N#CC(=C1CCCCC1)c1ccccc1.N#CC1(c2ccccc2)CC12CCCC2.N#CC1(c2ccccc2)CC12CCCCC2.[C-]#[N+]/C(=C\CCC)c1ccccc1.[C-]#[N+]C1(c2ccccc2)CC1CCC. The maximum Gasteiger partial charge on any atom is 0.261 e. The lowest BCUT2D eigenvalue weighted by atomic mass is 9.77. The Bertz CT molecular complexity index is 3480. The molecule has 7 saturated carbocycles. The van der Waals surface area contributed by atoms with Crippen LogP contribution in [0.4, 0.5) is 0 Å². The van der Waals surface area contributed by atoms with Gasteiger partial charge in [0, 0.05) is 17.9 Å². The third-order valence-corrected chi connectivity index (χ3v) is 19.8. The summed E-state index contributed by atoms with van der Waals surface area (Å²) in [5.74, 6) is 0.604. The van der Waals surface area contributed by atoms with E-state index in [1.54, 1.807) is 0 Å². The van der Waals surface area contributed by atoms with Gasteiger partial charge in [-0.1, -0.05) is 264 Å². The van der Waals surface area contributed by atoms with Gasteiger partial charge in [-0.2, -0.15) is 21.0 Å². The van der Waals surface area contributed by atoms with Gasteiger partial charge in [-0.3, -0.25) is 0 Å². The zero-order valence-electron chi connectivity index (χ0n) is 51.8. The molecule has 0 heterocycles. The van der Waals surface area contributed by atoms with E-state index in [0.29, 0.717) is 16.7 Å². The number of hydrogen-bond donors (Lipinski definition) is 0. The average Bonchev–Trinajstić information content (AvgIpc) is 1.55. The van der Waals surface area contributed by atoms with Gasteiger partial charge in [-0.25, -0.2) is 11.4 Å². The molecular weight excluding hydrogens is 1060 g/mol. The van der Waals surface area contributed by atoms with Crippen LogP contribution in [0.3, 0.4) is 0 Å². The molecule has 4 unspecified atom stereocenters. The lowest BCUT2D eigenvalue weighted by Crippen LogP contribution is -2.19. The van der Waals surface area contributed by atoms with E-state index >= 15 is 0 Å². The van der Waals surface area contributed by atoms with Crippen LogP contribution in [0.25, 0.3) is 26.5 Å². The summed E-state index contributed by atoms with van der Waals surface area (Å²) in [6.45, 7) is 18.7. The lowest BCUT2D eigenvalue weighted by molar-refractivity contribution is 0.309. The fourth-order valence-electron chi connectivity index (χ4n) is 14.7. The number of hydrogen-bond acceptors (Lipinski definition) is 4. The molecule has 0 aliphatic heterocycles. The summed E-state index contributed by atoms with van der Waals surface area (Å²) in [6, 6.07) is 70.8. The van der Waals surface area contributed by atoms with Crippen LogP contribution in [0.1, 0.15) is 208 Å². The molecule has 0 saturated heterocycles. The standard InChI is InChI=1S/C15H17N.2C14H15N.C13H15N.C13H13N.C12H13N/c16-12-15(13-7-3-1-4-8-13)11-14(15)9-5-2-6-10-14;15-11-14(12-6-2-1-3-7-12)10-13(14)8-4-5-9-13;15-11-14(12-7-3-1-4-8-12)13-9-5-2-6-10-13;1-3-7-12-10-13(12,14-2)11-8-5-4-6-9-11;14-10-13(12-8-4-5-9-12)11-6-2-1-3-7-11;1-3-4-10-12(13-2)11-8-6-5-7-9-11/h1,3-4,7-8H,2,5-6,9-11H2;1-3,6-7H,4-5,8-10H2;1,3-4,7-8H,2,5-6,9-10H2;4-6,8-9,12H,3,7,10H2,1H3;1-3,6-7H,4-5,8-9H2;5-10H,3-4H2,1H3/b;;;;;12-10-. The summed E-state index contributed by atoms with van der Waals surface area (Å²) in [7, 11) is 0. The Hall–Kier alpha value is -8.52. The van der Waals surface area contributed by atoms with Gasteiger partial charge in [0.2, 0.25) is 0 Å². The van der Waals surface area contributed by atoms with Gasteiger partial charge >= 0.3 is 0 Å². The topological polar surface area (TPSA) is 104 Å². The van der Waals surface area contributed by atoms with Gasteiger partial charge in [0.25, 0.3) is 5.54 Å². The molecule has 0 amide bonds. The number of unbranched alkanes of at least 4 members (excludes halogenated alkanes) is 1. The predicted molar refractivity (Wildman–Crippen MR) is 356 cm³/mol. The molecule has 87 heavy (non-hydrogen) atoms. The molecular formula is C81H88N6. The minimum absolute atomic E-state index is 0.134. The van der Waals surface area contributed by atoms with Crippen molar-refractivity contribution in [1.29, 1.82) is 21.0 Å². The molecule has 6 aromatic carbocycles. The summed E-state index contributed by atoms with van der Waals surface area (Å²) < 4.78 is 0. The molecule has 6 heteroatoms. The Labute approximate surface area is 522 Å². The van der Waals surface area contributed by atoms with Crippen molar-refractivity contribution in [3.05, 3.63) is 255 Å². The highest BCUT2D eigenvalue weighted by molar-refractivity contribution is 5.80. The highest BCUT2D eigenvalue weighted by Crippen LogP contribution is 2.72. The maximum absolute atomic E-state index is 9.58. The normalized spacial score (nSPS) is 22.7. The van der Waals surface area contributed by atoms with Crippen LogP contribution >= 0.6 is 0 Å². The molecule has 0 bridgehead atoms. The number of benzene rings is 6. The molecule has 0 radical (unpaired) electrons. The zero-order chi connectivity index (χ0) is 61.3. The predicted octanol–water partition coefficient (Wildman–Crippen LogP) is 22.0. The molecule has 0 N–H and O–H groups in total. The van der Waals surface area contributed by atoms with Gasteiger partial charge in [0.15, 0.2) is 5.70 Å². The molecule has 0 aromatic heterocycles. The molecule has 7 fully saturated rings. The first-order valence-corrected chi connectivity index (χ1v) is 32.6. The third-order valence-electron chi connectivity index (χ3n) is 19.8. The smallest absolute Gasteiger partial charge is 0.261 e. The average molecular weight is 1150 g/mol. The number of nitriles is 4. The van der Waals surface area contributed by atoms with Crippen molar-refractivity contribution in [2.45, 2.75) is 191 Å².